The molecule has 2 rings (SSSR count). The minimum Gasteiger partial charge on any atom is -0.459 e. The van der Waals surface area contributed by atoms with Gasteiger partial charge in [0.1, 0.15) is 30.5 Å². The number of benzene rings is 1. The van der Waals surface area contributed by atoms with Crippen LogP contribution in [0.2, 0.25) is 0 Å². The van der Waals surface area contributed by atoms with Crippen molar-refractivity contribution in [3.63, 3.8) is 0 Å². The Bertz CT molecular complexity index is 847. The number of carbonyl (C=O) groups is 3. The monoisotopic (exact) mass is 526 g/mol. The zero-order chi connectivity index (χ0) is 24.9. The maximum atomic E-state index is 15.6. The number of hydrogen-bond acceptors (Lipinski definition) is 6. The predicted molar refractivity (Wildman–Crippen MR) is 121 cm³/mol. The average Bonchev–Trinajstić information content (AvgIpc) is 3.06. The highest BCUT2D eigenvalue weighted by molar-refractivity contribution is 6.67. The fraction of sp³-hybridized carbons (Fsp3) is 0.571. The zero-order valence-electron chi connectivity index (χ0n) is 18.4. The number of nitrogens with zero attached hydrogens (tertiary/aromatic N) is 1. The summed E-state index contributed by atoms with van der Waals surface area (Å²) in [6.07, 6.45) is -2.30. The first-order valence-corrected chi connectivity index (χ1v) is 11.2. The minimum atomic E-state index is -2.15. The summed E-state index contributed by atoms with van der Waals surface area (Å²) in [5.41, 5.74) is -2.28. The second kappa shape index (κ2) is 11.0. The maximum absolute atomic E-state index is 15.6. The highest BCUT2D eigenvalue weighted by Gasteiger charge is 2.51. The molecule has 1 heterocycles. The van der Waals surface area contributed by atoms with E-state index >= 15 is 4.39 Å². The summed E-state index contributed by atoms with van der Waals surface area (Å²) in [4.78, 5) is 38.2. The van der Waals surface area contributed by atoms with Gasteiger partial charge in [-0.1, -0.05) is 65.1 Å². The molecule has 0 aliphatic carbocycles. The van der Waals surface area contributed by atoms with Crippen LogP contribution < -0.4 is 5.32 Å². The Hall–Kier alpha value is -1.97. The van der Waals surface area contributed by atoms with Gasteiger partial charge in [0.25, 0.3) is 0 Å². The SMILES string of the molecule is CC(C)(C)OC(=O)N1C[C@@](F)(CNC(=O)OCC(Cl)(Cl)Cl)C[C@H]1C(=O)OCc1ccccc1. The van der Waals surface area contributed by atoms with Gasteiger partial charge in [-0.2, -0.15) is 0 Å². The first-order chi connectivity index (χ1) is 15.2. The van der Waals surface area contributed by atoms with Crippen LogP contribution in [-0.4, -0.2) is 63.9 Å². The zero-order valence-corrected chi connectivity index (χ0v) is 20.7. The van der Waals surface area contributed by atoms with Crippen LogP contribution in [0.3, 0.4) is 0 Å². The number of ether oxygens (including phenoxy) is 3. The highest BCUT2D eigenvalue weighted by atomic mass is 35.6. The van der Waals surface area contributed by atoms with Crippen LogP contribution in [0.5, 0.6) is 0 Å². The van der Waals surface area contributed by atoms with E-state index in [0.717, 1.165) is 10.5 Å². The van der Waals surface area contributed by atoms with Crippen LogP contribution in [-0.2, 0) is 25.6 Å². The molecule has 0 bridgehead atoms. The molecule has 33 heavy (non-hydrogen) atoms. The van der Waals surface area contributed by atoms with Crippen LogP contribution in [0.4, 0.5) is 14.0 Å². The smallest absolute Gasteiger partial charge is 0.411 e. The number of amides is 2. The number of nitrogens with one attached hydrogen (secondary N) is 1. The Morgan fingerprint density at radius 2 is 1.79 bits per heavy atom. The molecule has 2 amide bonds. The van der Waals surface area contributed by atoms with E-state index in [4.69, 9.17) is 49.0 Å². The topological polar surface area (TPSA) is 94.2 Å². The van der Waals surface area contributed by atoms with Gasteiger partial charge in [-0.15, -0.1) is 0 Å². The van der Waals surface area contributed by atoms with Crippen molar-refractivity contribution in [2.24, 2.45) is 0 Å². The molecule has 1 N–H and O–H groups in total. The summed E-state index contributed by atoms with van der Waals surface area (Å²) in [7, 11) is 0. The minimum absolute atomic E-state index is 0.0424. The fourth-order valence-corrected chi connectivity index (χ4v) is 3.21. The summed E-state index contributed by atoms with van der Waals surface area (Å²) >= 11 is 16.5. The quantitative estimate of drug-likeness (QED) is 0.332. The predicted octanol–water partition coefficient (Wildman–Crippen LogP) is 4.54. The van der Waals surface area contributed by atoms with Crippen molar-refractivity contribution in [1.29, 1.82) is 0 Å². The number of alkyl halides is 4. The standard InChI is InChI=1S/C21H26Cl3FN2O6/c1-19(2,3)33-18(30)27-12-20(25,11-26-17(29)32-13-21(22,23)24)9-15(27)16(28)31-10-14-7-5-4-6-8-14/h4-8,15H,9-13H2,1-3H3,(H,26,29)/t15-,20-/m0/s1. The van der Waals surface area contributed by atoms with Crippen molar-refractivity contribution in [2.75, 3.05) is 19.7 Å². The summed E-state index contributed by atoms with van der Waals surface area (Å²) in [6.45, 7) is 3.31. The average molecular weight is 528 g/mol. The highest BCUT2D eigenvalue weighted by Crippen LogP contribution is 2.33. The molecule has 2 atom stereocenters. The van der Waals surface area contributed by atoms with Gasteiger partial charge in [-0.3, -0.25) is 4.90 Å². The van der Waals surface area contributed by atoms with Crippen LogP contribution in [0.1, 0.15) is 32.8 Å². The molecule has 1 aliphatic heterocycles. The van der Waals surface area contributed by atoms with Crippen molar-refractivity contribution < 1.29 is 33.0 Å². The number of esters is 1. The van der Waals surface area contributed by atoms with Gasteiger partial charge in [0.2, 0.25) is 3.79 Å². The third-order valence-corrected chi connectivity index (χ3v) is 4.76. The molecule has 1 saturated heterocycles. The van der Waals surface area contributed by atoms with Crippen LogP contribution in [0.15, 0.2) is 30.3 Å². The fourth-order valence-electron chi connectivity index (χ4n) is 3.04. The van der Waals surface area contributed by atoms with Crippen molar-refractivity contribution in [1.82, 2.24) is 10.2 Å². The third kappa shape index (κ3) is 9.43. The lowest BCUT2D eigenvalue weighted by atomic mass is 10.0. The lowest BCUT2D eigenvalue weighted by Crippen LogP contribution is -2.45. The van der Waals surface area contributed by atoms with E-state index < -0.39 is 65.4 Å². The van der Waals surface area contributed by atoms with E-state index in [-0.39, 0.29) is 6.61 Å². The molecule has 184 valence electrons. The summed E-state index contributed by atoms with van der Waals surface area (Å²) in [5, 5.41) is 2.22. The Labute approximate surface area is 206 Å². The van der Waals surface area contributed by atoms with Crippen molar-refractivity contribution in [3.8, 4) is 0 Å². The van der Waals surface area contributed by atoms with E-state index in [9.17, 15) is 14.4 Å². The molecule has 1 aromatic rings. The molecular formula is C21H26Cl3FN2O6. The molecule has 8 nitrogen and oxygen atoms in total. The molecule has 0 saturated carbocycles. The van der Waals surface area contributed by atoms with Gasteiger partial charge >= 0.3 is 18.2 Å². The second-order valence-corrected chi connectivity index (χ2v) is 11.1. The molecule has 0 unspecified atom stereocenters. The lowest BCUT2D eigenvalue weighted by Gasteiger charge is -2.27. The maximum Gasteiger partial charge on any atom is 0.411 e. The summed E-state index contributed by atoms with van der Waals surface area (Å²) in [6, 6.07) is 7.67. The molecule has 0 aromatic heterocycles. The first kappa shape index (κ1) is 27.3. The van der Waals surface area contributed by atoms with Crippen LogP contribution in [0, 0.1) is 0 Å². The number of alkyl carbamates (subject to hydrolysis) is 1. The first-order valence-electron chi connectivity index (χ1n) is 10.0. The number of likely N-dealkylation sites (tertiary alicyclic amines) is 1. The molecule has 0 radical (unpaired) electrons. The molecule has 0 spiro atoms. The lowest BCUT2D eigenvalue weighted by molar-refractivity contribution is -0.150. The Morgan fingerprint density at radius 1 is 1.15 bits per heavy atom. The van der Waals surface area contributed by atoms with Gasteiger partial charge < -0.3 is 19.5 Å². The molecule has 1 fully saturated rings. The number of carbonyl (C=O) groups excluding carboxylic acids is 3. The van der Waals surface area contributed by atoms with Crippen LogP contribution >= 0.6 is 34.8 Å². The van der Waals surface area contributed by atoms with Gasteiger partial charge in [-0.25, -0.2) is 18.8 Å². The van der Waals surface area contributed by atoms with Crippen LogP contribution in [0.25, 0.3) is 0 Å². The van der Waals surface area contributed by atoms with Crippen molar-refractivity contribution >= 4 is 53.0 Å². The van der Waals surface area contributed by atoms with E-state index in [0.29, 0.717) is 0 Å². The van der Waals surface area contributed by atoms with Gasteiger partial charge in [0.15, 0.2) is 0 Å². The largest absolute Gasteiger partial charge is 0.459 e. The molecule has 12 heteroatoms. The Morgan fingerprint density at radius 3 is 2.36 bits per heavy atom. The van der Waals surface area contributed by atoms with E-state index in [1.165, 1.54) is 0 Å². The van der Waals surface area contributed by atoms with Gasteiger partial charge in [0.05, 0.1) is 13.1 Å². The summed E-state index contributed by atoms with van der Waals surface area (Å²) < 4.78 is 29.1. The summed E-state index contributed by atoms with van der Waals surface area (Å²) in [5.74, 6) is -0.789. The second-order valence-electron chi connectivity index (χ2n) is 8.62. The van der Waals surface area contributed by atoms with Crippen molar-refractivity contribution in [2.45, 2.75) is 54.9 Å². The Kier molecular flexibility index (Phi) is 9.07. The number of rotatable bonds is 6. The normalized spacial score (nSPS) is 20.8. The third-order valence-electron chi connectivity index (χ3n) is 4.43. The number of hydrogen-bond donors (Lipinski definition) is 1. The van der Waals surface area contributed by atoms with Crippen molar-refractivity contribution in [3.05, 3.63) is 35.9 Å². The van der Waals surface area contributed by atoms with Gasteiger partial charge in [0, 0.05) is 6.42 Å². The van der Waals surface area contributed by atoms with Gasteiger partial charge in [-0.05, 0) is 26.3 Å². The molecule has 1 aliphatic rings. The number of halogens is 4. The van der Waals surface area contributed by atoms with E-state index in [1.54, 1.807) is 45.0 Å². The molecule has 1 aromatic carbocycles. The van der Waals surface area contributed by atoms with E-state index in [2.05, 4.69) is 5.32 Å². The Balaban J connectivity index is 2.06. The molecular weight excluding hydrogens is 502 g/mol. The van der Waals surface area contributed by atoms with E-state index in [1.807, 2.05) is 6.07 Å².